The molecule has 104 valence electrons. The van der Waals surface area contributed by atoms with Gasteiger partial charge >= 0.3 is 0 Å². The van der Waals surface area contributed by atoms with Crippen LogP contribution in [0, 0.1) is 0 Å². The fourth-order valence-corrected chi connectivity index (χ4v) is 1.61. The molecule has 0 aliphatic heterocycles. The van der Waals surface area contributed by atoms with Crippen LogP contribution in [0.5, 0.6) is 0 Å². The van der Waals surface area contributed by atoms with Crippen LogP contribution in [0.4, 0.5) is 0 Å². The molecule has 0 saturated heterocycles. The molecular formula is C13H20N4O2. The fraction of sp³-hybridized carbons (Fsp3) is 0.615. The Balaban J connectivity index is 1.83. The van der Waals surface area contributed by atoms with Gasteiger partial charge in [-0.3, -0.25) is 4.79 Å². The lowest BCUT2D eigenvalue weighted by Crippen LogP contribution is -2.25. The number of carbonyl (C=O) groups is 1. The Morgan fingerprint density at radius 3 is 2.79 bits per heavy atom. The SMILES string of the molecule is CN(C)C/C=C/C(=O)N(C)Cc1noc(C2CC2)n1. The zero-order valence-corrected chi connectivity index (χ0v) is 11.7. The van der Waals surface area contributed by atoms with Crippen LogP contribution in [0.3, 0.4) is 0 Å². The predicted octanol–water partition coefficient (Wildman–Crippen LogP) is 1.02. The van der Waals surface area contributed by atoms with E-state index in [4.69, 9.17) is 4.52 Å². The van der Waals surface area contributed by atoms with Gasteiger partial charge in [0.15, 0.2) is 5.82 Å². The third-order valence-corrected chi connectivity index (χ3v) is 2.90. The number of hydrogen-bond donors (Lipinski definition) is 0. The number of nitrogens with zero attached hydrogens (tertiary/aromatic N) is 4. The van der Waals surface area contributed by atoms with Crippen molar-refractivity contribution in [2.45, 2.75) is 25.3 Å². The van der Waals surface area contributed by atoms with Gasteiger partial charge in [-0.2, -0.15) is 4.98 Å². The van der Waals surface area contributed by atoms with Crippen LogP contribution in [0.2, 0.25) is 0 Å². The highest BCUT2D eigenvalue weighted by Crippen LogP contribution is 2.38. The monoisotopic (exact) mass is 264 g/mol. The molecule has 1 saturated carbocycles. The van der Waals surface area contributed by atoms with Crippen molar-refractivity contribution in [3.63, 3.8) is 0 Å². The van der Waals surface area contributed by atoms with Crippen LogP contribution in [-0.4, -0.2) is 53.5 Å². The van der Waals surface area contributed by atoms with Crippen molar-refractivity contribution < 1.29 is 9.32 Å². The molecule has 1 fully saturated rings. The second-order valence-corrected chi connectivity index (χ2v) is 5.18. The van der Waals surface area contributed by atoms with E-state index in [1.165, 1.54) is 0 Å². The maximum absolute atomic E-state index is 11.8. The molecule has 0 radical (unpaired) electrons. The molecule has 2 rings (SSSR count). The molecule has 1 amide bonds. The van der Waals surface area contributed by atoms with Crippen LogP contribution in [-0.2, 0) is 11.3 Å². The Bertz CT molecular complexity index is 463. The number of rotatable bonds is 6. The highest BCUT2D eigenvalue weighted by atomic mass is 16.5. The first-order valence-corrected chi connectivity index (χ1v) is 6.45. The van der Waals surface area contributed by atoms with Gasteiger partial charge in [-0.05, 0) is 26.9 Å². The van der Waals surface area contributed by atoms with Gasteiger partial charge in [0.05, 0.1) is 6.54 Å². The molecule has 1 aromatic rings. The summed E-state index contributed by atoms with van der Waals surface area (Å²) in [7, 11) is 5.64. The first kappa shape index (κ1) is 13.7. The number of aromatic nitrogens is 2. The average Bonchev–Trinajstić information content (AvgIpc) is 3.10. The summed E-state index contributed by atoms with van der Waals surface area (Å²) in [6, 6.07) is 0. The van der Waals surface area contributed by atoms with Crippen molar-refractivity contribution in [1.82, 2.24) is 19.9 Å². The number of likely N-dealkylation sites (N-methyl/N-ethyl adjacent to an activating group) is 2. The molecule has 0 unspecified atom stereocenters. The lowest BCUT2D eigenvalue weighted by atomic mass is 10.4. The molecule has 1 aliphatic carbocycles. The minimum Gasteiger partial charge on any atom is -0.339 e. The summed E-state index contributed by atoms with van der Waals surface area (Å²) in [6.07, 6.45) is 5.67. The molecule has 6 nitrogen and oxygen atoms in total. The van der Waals surface area contributed by atoms with E-state index >= 15 is 0 Å². The Hall–Kier alpha value is -1.69. The number of carbonyl (C=O) groups excluding carboxylic acids is 1. The van der Waals surface area contributed by atoms with E-state index in [1.54, 1.807) is 18.0 Å². The molecule has 1 heterocycles. The minimum atomic E-state index is -0.0559. The Labute approximate surface area is 113 Å². The molecule has 0 spiro atoms. The molecule has 1 aliphatic rings. The first-order chi connectivity index (χ1) is 9.06. The highest BCUT2D eigenvalue weighted by Gasteiger charge is 2.29. The second kappa shape index (κ2) is 5.97. The van der Waals surface area contributed by atoms with Crippen LogP contribution in [0.1, 0.15) is 30.5 Å². The average molecular weight is 264 g/mol. The van der Waals surface area contributed by atoms with Crippen molar-refractivity contribution >= 4 is 5.91 Å². The van der Waals surface area contributed by atoms with Crippen molar-refractivity contribution in [3.05, 3.63) is 23.9 Å². The van der Waals surface area contributed by atoms with Crippen LogP contribution >= 0.6 is 0 Å². The van der Waals surface area contributed by atoms with E-state index in [0.717, 1.165) is 19.4 Å². The van der Waals surface area contributed by atoms with Crippen LogP contribution < -0.4 is 0 Å². The van der Waals surface area contributed by atoms with E-state index in [9.17, 15) is 4.79 Å². The lowest BCUT2D eigenvalue weighted by Gasteiger charge is -2.12. The molecule has 0 bridgehead atoms. The standard InChI is InChI=1S/C13H20N4O2/c1-16(2)8-4-5-12(18)17(3)9-11-14-13(19-15-11)10-6-7-10/h4-5,10H,6-9H2,1-3H3/b5-4+. The van der Waals surface area contributed by atoms with E-state index in [1.807, 2.05) is 25.1 Å². The molecule has 1 aromatic heterocycles. The Morgan fingerprint density at radius 1 is 1.42 bits per heavy atom. The maximum Gasteiger partial charge on any atom is 0.246 e. The summed E-state index contributed by atoms with van der Waals surface area (Å²) in [5.41, 5.74) is 0. The lowest BCUT2D eigenvalue weighted by molar-refractivity contribution is -0.125. The molecule has 6 heteroatoms. The normalized spacial score (nSPS) is 15.4. The van der Waals surface area contributed by atoms with Crippen molar-refractivity contribution in [1.29, 1.82) is 0 Å². The minimum absolute atomic E-state index is 0.0559. The number of amides is 1. The quantitative estimate of drug-likeness (QED) is 0.718. The van der Waals surface area contributed by atoms with Gasteiger partial charge in [0.2, 0.25) is 11.8 Å². The second-order valence-electron chi connectivity index (χ2n) is 5.18. The van der Waals surface area contributed by atoms with Crippen molar-refractivity contribution in [2.75, 3.05) is 27.7 Å². The van der Waals surface area contributed by atoms with E-state index in [-0.39, 0.29) is 5.91 Å². The summed E-state index contributed by atoms with van der Waals surface area (Å²) >= 11 is 0. The smallest absolute Gasteiger partial charge is 0.246 e. The maximum atomic E-state index is 11.8. The Kier molecular flexibility index (Phi) is 4.31. The predicted molar refractivity (Wildman–Crippen MR) is 70.4 cm³/mol. The topological polar surface area (TPSA) is 62.5 Å². The molecular weight excluding hydrogens is 244 g/mol. The van der Waals surface area contributed by atoms with Crippen LogP contribution in [0.15, 0.2) is 16.7 Å². The zero-order chi connectivity index (χ0) is 13.8. The summed E-state index contributed by atoms with van der Waals surface area (Å²) in [5.74, 6) is 1.67. The molecule has 19 heavy (non-hydrogen) atoms. The molecule has 0 atom stereocenters. The summed E-state index contributed by atoms with van der Waals surface area (Å²) in [4.78, 5) is 19.7. The van der Waals surface area contributed by atoms with Gasteiger partial charge in [0.1, 0.15) is 0 Å². The van der Waals surface area contributed by atoms with Gasteiger partial charge in [-0.1, -0.05) is 11.2 Å². The third kappa shape index (κ3) is 4.17. The van der Waals surface area contributed by atoms with Gasteiger partial charge < -0.3 is 14.3 Å². The third-order valence-electron chi connectivity index (χ3n) is 2.90. The summed E-state index contributed by atoms with van der Waals surface area (Å²) in [6.45, 7) is 1.12. The van der Waals surface area contributed by atoms with E-state index in [2.05, 4.69) is 10.1 Å². The zero-order valence-electron chi connectivity index (χ0n) is 11.7. The summed E-state index contributed by atoms with van der Waals surface area (Å²) < 4.78 is 5.16. The highest BCUT2D eigenvalue weighted by molar-refractivity contribution is 5.87. The van der Waals surface area contributed by atoms with Gasteiger partial charge in [-0.25, -0.2) is 0 Å². The van der Waals surface area contributed by atoms with Crippen molar-refractivity contribution in [3.8, 4) is 0 Å². The first-order valence-electron chi connectivity index (χ1n) is 6.45. The number of hydrogen-bond acceptors (Lipinski definition) is 5. The molecule has 0 aromatic carbocycles. The van der Waals surface area contributed by atoms with E-state index < -0.39 is 0 Å². The Morgan fingerprint density at radius 2 is 2.16 bits per heavy atom. The van der Waals surface area contributed by atoms with Crippen molar-refractivity contribution in [2.24, 2.45) is 0 Å². The van der Waals surface area contributed by atoms with Crippen LogP contribution in [0.25, 0.3) is 0 Å². The molecule has 0 N–H and O–H groups in total. The summed E-state index contributed by atoms with van der Waals surface area (Å²) in [5, 5.41) is 3.90. The van der Waals surface area contributed by atoms with E-state index in [0.29, 0.717) is 24.2 Å². The van der Waals surface area contributed by atoms with Gasteiger partial charge in [0, 0.05) is 25.6 Å². The van der Waals surface area contributed by atoms with Gasteiger partial charge in [-0.15, -0.1) is 0 Å². The van der Waals surface area contributed by atoms with Gasteiger partial charge in [0.25, 0.3) is 0 Å². The largest absolute Gasteiger partial charge is 0.339 e. The fourth-order valence-electron chi connectivity index (χ4n) is 1.61.